The molecule has 4 nitrogen and oxygen atoms in total. The molecule has 2 amide bonds. The van der Waals surface area contributed by atoms with Crippen molar-refractivity contribution in [1.82, 2.24) is 4.90 Å². The molecule has 0 bridgehead atoms. The molecular weight excluding hydrogens is 453 g/mol. The average Bonchev–Trinajstić information content (AvgIpc) is 3.03. The number of rotatable bonds is 6. The molecule has 0 radical (unpaired) electrons. The number of ether oxygens (including phenoxy) is 1. The van der Waals surface area contributed by atoms with Gasteiger partial charge in [0.05, 0.1) is 11.4 Å². The lowest BCUT2D eigenvalue weighted by molar-refractivity contribution is -0.123. The maximum absolute atomic E-state index is 12.8. The first-order valence-corrected chi connectivity index (χ1v) is 11.0. The first kappa shape index (κ1) is 21.5. The highest BCUT2D eigenvalue weighted by atomic mass is 35.5. The third kappa shape index (κ3) is 5.13. The first-order valence-electron chi connectivity index (χ1n) is 9.46. The summed E-state index contributed by atoms with van der Waals surface area (Å²) in [5.74, 6) is 0.359. The number of carbonyl (C=O) groups is 2. The average molecular weight is 470 g/mol. The van der Waals surface area contributed by atoms with E-state index >= 15 is 0 Å². The van der Waals surface area contributed by atoms with Gasteiger partial charge in [-0.1, -0.05) is 71.7 Å². The van der Waals surface area contributed by atoms with Gasteiger partial charge in [0, 0.05) is 15.6 Å². The van der Waals surface area contributed by atoms with Crippen LogP contribution in [0, 0.1) is 0 Å². The molecule has 31 heavy (non-hydrogen) atoms. The van der Waals surface area contributed by atoms with Crippen LogP contribution in [0.25, 0.3) is 6.08 Å². The number of imide groups is 1. The van der Waals surface area contributed by atoms with Gasteiger partial charge in [-0.15, -0.1) is 0 Å². The molecule has 0 saturated carbocycles. The number of nitrogens with zero attached hydrogens (tertiary/aromatic N) is 1. The SMILES string of the molecule is O=C1S/C(=C/c2ccc(OCc3ccccc3)cc2)C(=O)N1Cc1c(Cl)cccc1Cl. The Kier molecular flexibility index (Phi) is 6.66. The van der Waals surface area contributed by atoms with E-state index in [-0.39, 0.29) is 17.7 Å². The predicted molar refractivity (Wildman–Crippen MR) is 125 cm³/mol. The molecular formula is C24H17Cl2NO3S. The van der Waals surface area contributed by atoms with E-state index in [0.29, 0.717) is 27.1 Å². The van der Waals surface area contributed by atoms with Crippen LogP contribution in [0.15, 0.2) is 77.7 Å². The Morgan fingerprint density at radius 2 is 1.55 bits per heavy atom. The minimum Gasteiger partial charge on any atom is -0.489 e. The molecule has 4 rings (SSSR count). The largest absolute Gasteiger partial charge is 0.489 e. The van der Waals surface area contributed by atoms with Crippen LogP contribution in [-0.4, -0.2) is 16.0 Å². The minimum absolute atomic E-state index is 0.0345. The van der Waals surface area contributed by atoms with Crippen molar-refractivity contribution in [3.8, 4) is 5.75 Å². The molecule has 0 N–H and O–H groups in total. The zero-order chi connectivity index (χ0) is 21.8. The van der Waals surface area contributed by atoms with E-state index in [1.54, 1.807) is 24.3 Å². The minimum atomic E-state index is -0.365. The summed E-state index contributed by atoms with van der Waals surface area (Å²) in [6, 6.07) is 22.3. The zero-order valence-corrected chi connectivity index (χ0v) is 18.6. The summed E-state index contributed by atoms with van der Waals surface area (Å²) in [6.07, 6.45) is 1.69. The fourth-order valence-corrected chi connectivity index (χ4v) is 4.39. The molecule has 1 fully saturated rings. The Hall–Kier alpha value is -2.73. The fourth-order valence-electron chi connectivity index (χ4n) is 3.03. The van der Waals surface area contributed by atoms with Gasteiger partial charge in [-0.2, -0.15) is 0 Å². The normalized spacial score (nSPS) is 15.0. The molecule has 0 aliphatic carbocycles. The van der Waals surface area contributed by atoms with Crippen molar-refractivity contribution in [1.29, 1.82) is 0 Å². The first-order chi connectivity index (χ1) is 15.0. The van der Waals surface area contributed by atoms with E-state index in [4.69, 9.17) is 27.9 Å². The van der Waals surface area contributed by atoms with E-state index in [0.717, 1.165) is 33.5 Å². The van der Waals surface area contributed by atoms with Crippen molar-refractivity contribution < 1.29 is 14.3 Å². The Morgan fingerprint density at radius 1 is 0.871 bits per heavy atom. The molecule has 1 aliphatic rings. The van der Waals surface area contributed by atoms with E-state index in [1.165, 1.54) is 0 Å². The van der Waals surface area contributed by atoms with Crippen LogP contribution >= 0.6 is 35.0 Å². The lowest BCUT2D eigenvalue weighted by atomic mass is 10.2. The van der Waals surface area contributed by atoms with Gasteiger partial charge in [0.15, 0.2) is 0 Å². The van der Waals surface area contributed by atoms with Gasteiger partial charge in [-0.3, -0.25) is 14.5 Å². The van der Waals surface area contributed by atoms with Crippen molar-refractivity contribution in [2.45, 2.75) is 13.2 Å². The molecule has 3 aromatic carbocycles. The van der Waals surface area contributed by atoms with Crippen molar-refractivity contribution in [2.24, 2.45) is 0 Å². The molecule has 0 aromatic heterocycles. The Bertz CT molecular complexity index is 1130. The van der Waals surface area contributed by atoms with Crippen LogP contribution in [0.5, 0.6) is 5.75 Å². The summed E-state index contributed by atoms with van der Waals surface area (Å²) in [6.45, 7) is 0.510. The number of hydrogen-bond donors (Lipinski definition) is 0. The van der Waals surface area contributed by atoms with Gasteiger partial charge < -0.3 is 4.74 Å². The monoisotopic (exact) mass is 469 g/mol. The lowest BCUT2D eigenvalue weighted by Crippen LogP contribution is -2.27. The van der Waals surface area contributed by atoms with E-state index in [9.17, 15) is 9.59 Å². The zero-order valence-electron chi connectivity index (χ0n) is 16.3. The molecule has 0 spiro atoms. The van der Waals surface area contributed by atoms with Crippen molar-refractivity contribution in [3.05, 3.63) is 104 Å². The molecule has 1 aliphatic heterocycles. The molecule has 1 saturated heterocycles. The molecule has 156 valence electrons. The van der Waals surface area contributed by atoms with E-state index in [1.807, 2.05) is 54.6 Å². The molecule has 0 atom stereocenters. The summed E-state index contributed by atoms with van der Waals surface area (Å²) in [5, 5.41) is 0.485. The highest BCUT2D eigenvalue weighted by Crippen LogP contribution is 2.35. The second-order valence-electron chi connectivity index (χ2n) is 6.81. The third-order valence-corrected chi connectivity index (χ3v) is 6.29. The quantitative estimate of drug-likeness (QED) is 0.372. The molecule has 0 unspecified atom stereocenters. The summed E-state index contributed by atoms with van der Waals surface area (Å²) in [7, 11) is 0. The van der Waals surface area contributed by atoms with Gasteiger partial charge >= 0.3 is 0 Å². The highest BCUT2D eigenvalue weighted by Gasteiger charge is 2.35. The fraction of sp³-hybridized carbons (Fsp3) is 0.0833. The number of carbonyl (C=O) groups excluding carboxylic acids is 2. The van der Waals surface area contributed by atoms with Crippen LogP contribution in [0.1, 0.15) is 16.7 Å². The van der Waals surface area contributed by atoms with Gasteiger partial charge in [0.2, 0.25) is 0 Å². The van der Waals surface area contributed by atoms with Gasteiger partial charge in [0.1, 0.15) is 12.4 Å². The Morgan fingerprint density at radius 3 is 2.23 bits per heavy atom. The van der Waals surface area contributed by atoms with Gasteiger partial charge in [0.25, 0.3) is 11.1 Å². The topological polar surface area (TPSA) is 46.6 Å². The number of benzene rings is 3. The van der Waals surface area contributed by atoms with Crippen LogP contribution in [0.4, 0.5) is 4.79 Å². The number of thioether (sulfide) groups is 1. The molecule has 3 aromatic rings. The van der Waals surface area contributed by atoms with Crippen LogP contribution in [0.3, 0.4) is 0 Å². The lowest BCUT2D eigenvalue weighted by Gasteiger charge is -2.14. The number of hydrogen-bond acceptors (Lipinski definition) is 4. The molecule has 7 heteroatoms. The maximum Gasteiger partial charge on any atom is 0.293 e. The summed E-state index contributed by atoms with van der Waals surface area (Å²) in [4.78, 5) is 26.7. The van der Waals surface area contributed by atoms with Crippen molar-refractivity contribution in [3.63, 3.8) is 0 Å². The standard InChI is InChI=1S/C24H17Cl2NO3S/c25-20-7-4-8-21(26)19(20)14-27-23(28)22(31-24(27)29)13-16-9-11-18(12-10-16)30-15-17-5-2-1-3-6-17/h1-13H,14-15H2/b22-13+. The summed E-state index contributed by atoms with van der Waals surface area (Å²) in [5.41, 5.74) is 2.43. The summed E-state index contributed by atoms with van der Waals surface area (Å²) >= 11 is 13.3. The number of halogens is 2. The third-order valence-electron chi connectivity index (χ3n) is 4.68. The Balaban J connectivity index is 1.44. The van der Waals surface area contributed by atoms with Crippen LogP contribution in [0.2, 0.25) is 10.0 Å². The Labute approximate surface area is 194 Å². The highest BCUT2D eigenvalue weighted by molar-refractivity contribution is 8.18. The smallest absolute Gasteiger partial charge is 0.293 e. The van der Waals surface area contributed by atoms with Gasteiger partial charge in [-0.05, 0) is 53.2 Å². The maximum atomic E-state index is 12.8. The second-order valence-corrected chi connectivity index (χ2v) is 8.62. The number of amides is 2. The van der Waals surface area contributed by atoms with E-state index < -0.39 is 0 Å². The van der Waals surface area contributed by atoms with E-state index in [2.05, 4.69) is 0 Å². The second kappa shape index (κ2) is 9.60. The van der Waals surface area contributed by atoms with Crippen LogP contribution in [-0.2, 0) is 17.9 Å². The predicted octanol–water partition coefficient (Wildman–Crippen LogP) is 6.81. The summed E-state index contributed by atoms with van der Waals surface area (Å²) < 4.78 is 5.78. The molecule has 1 heterocycles. The van der Waals surface area contributed by atoms with Gasteiger partial charge in [-0.25, -0.2) is 0 Å². The van der Waals surface area contributed by atoms with Crippen molar-refractivity contribution in [2.75, 3.05) is 0 Å². The van der Waals surface area contributed by atoms with Crippen molar-refractivity contribution >= 4 is 52.2 Å². The van der Waals surface area contributed by atoms with Crippen LogP contribution < -0.4 is 4.74 Å².